The highest BCUT2D eigenvalue weighted by Gasteiger charge is 2.27. The number of hydrogen-bond donors (Lipinski definition) is 0. The Balaban J connectivity index is 1.65. The fourth-order valence-corrected chi connectivity index (χ4v) is 4.89. The van der Waals surface area contributed by atoms with Crippen molar-refractivity contribution in [3.8, 4) is 0 Å². The number of rotatable bonds is 7. The molecule has 2 aromatic rings. The molecule has 31 heavy (non-hydrogen) atoms. The Kier molecular flexibility index (Phi) is 7.07. The van der Waals surface area contributed by atoms with Gasteiger partial charge in [0.05, 0.1) is 17.6 Å². The van der Waals surface area contributed by atoms with Crippen LogP contribution < -0.4 is 4.90 Å². The quantitative estimate of drug-likeness (QED) is 0.608. The predicted octanol–water partition coefficient (Wildman–Crippen LogP) is 2.99. The van der Waals surface area contributed by atoms with Crippen molar-refractivity contribution in [2.75, 3.05) is 32.1 Å². The molecule has 2 aromatic carbocycles. The molecule has 1 amide bonds. The maximum Gasteiger partial charge on any atom is 0.338 e. The third-order valence-corrected chi connectivity index (χ3v) is 7.21. The van der Waals surface area contributed by atoms with Gasteiger partial charge in [0.1, 0.15) is 5.82 Å². The van der Waals surface area contributed by atoms with E-state index in [0.29, 0.717) is 30.6 Å². The number of anilines is 1. The number of ether oxygens (including phenoxy) is 1. The Morgan fingerprint density at radius 2 is 1.87 bits per heavy atom. The van der Waals surface area contributed by atoms with E-state index in [-0.39, 0.29) is 23.8 Å². The van der Waals surface area contributed by atoms with Crippen LogP contribution in [-0.2, 0) is 26.0 Å². The highest BCUT2D eigenvalue weighted by Crippen LogP contribution is 2.31. The lowest BCUT2D eigenvalue weighted by atomic mass is 9.96. The van der Waals surface area contributed by atoms with Gasteiger partial charge in [-0.05, 0) is 61.2 Å². The fourth-order valence-electron chi connectivity index (χ4n) is 3.68. The number of methoxy groups -OCH3 is 1. The summed E-state index contributed by atoms with van der Waals surface area (Å²) in [6, 6.07) is 9.85. The molecule has 9 heteroatoms. The molecule has 0 N–H and O–H groups in total. The SMILES string of the molecule is COC(=O)c1cccc2c1CCCN2C(=O)CCCN(C)S(=O)(=O)c1ccc(F)cc1. The second-order valence-electron chi connectivity index (χ2n) is 7.33. The predicted molar refractivity (Wildman–Crippen MR) is 114 cm³/mol. The van der Waals surface area contributed by atoms with E-state index in [4.69, 9.17) is 4.74 Å². The van der Waals surface area contributed by atoms with Gasteiger partial charge in [0, 0.05) is 32.2 Å². The Morgan fingerprint density at radius 3 is 2.55 bits per heavy atom. The number of halogens is 1. The minimum atomic E-state index is -3.75. The molecule has 0 aromatic heterocycles. The second kappa shape index (κ2) is 9.57. The van der Waals surface area contributed by atoms with Crippen LogP contribution in [-0.4, -0.2) is 51.8 Å². The Morgan fingerprint density at radius 1 is 1.16 bits per heavy atom. The van der Waals surface area contributed by atoms with Gasteiger partial charge >= 0.3 is 5.97 Å². The van der Waals surface area contributed by atoms with Crippen molar-refractivity contribution < 1.29 is 27.1 Å². The molecule has 1 aliphatic heterocycles. The summed E-state index contributed by atoms with van der Waals surface area (Å²) in [4.78, 5) is 26.5. The molecule has 0 radical (unpaired) electrons. The molecule has 1 heterocycles. The average molecular weight is 449 g/mol. The Labute approximate surface area is 181 Å². The molecule has 3 rings (SSSR count). The monoisotopic (exact) mass is 448 g/mol. The number of nitrogens with zero attached hydrogens (tertiary/aromatic N) is 2. The zero-order valence-corrected chi connectivity index (χ0v) is 18.3. The van der Waals surface area contributed by atoms with Gasteiger partial charge in [-0.2, -0.15) is 0 Å². The van der Waals surface area contributed by atoms with E-state index >= 15 is 0 Å². The first-order valence-electron chi connectivity index (χ1n) is 9.98. The Bertz CT molecular complexity index is 1070. The topological polar surface area (TPSA) is 84.0 Å². The molecule has 7 nitrogen and oxygen atoms in total. The minimum absolute atomic E-state index is 0.00280. The first-order chi connectivity index (χ1) is 14.8. The van der Waals surface area contributed by atoms with Crippen LogP contribution in [0.2, 0.25) is 0 Å². The second-order valence-corrected chi connectivity index (χ2v) is 9.37. The first-order valence-corrected chi connectivity index (χ1v) is 11.4. The van der Waals surface area contributed by atoms with Gasteiger partial charge in [-0.15, -0.1) is 0 Å². The maximum atomic E-state index is 13.1. The van der Waals surface area contributed by atoms with Crippen LogP contribution in [0.15, 0.2) is 47.4 Å². The van der Waals surface area contributed by atoms with Crippen molar-refractivity contribution in [2.45, 2.75) is 30.6 Å². The van der Waals surface area contributed by atoms with Gasteiger partial charge in [-0.3, -0.25) is 4.79 Å². The molecule has 166 valence electrons. The summed E-state index contributed by atoms with van der Waals surface area (Å²) in [6.07, 6.45) is 1.90. The third kappa shape index (κ3) is 4.94. The van der Waals surface area contributed by atoms with Crippen molar-refractivity contribution in [2.24, 2.45) is 0 Å². The summed E-state index contributed by atoms with van der Waals surface area (Å²) in [6.45, 7) is 0.689. The fraction of sp³-hybridized carbons (Fsp3) is 0.364. The van der Waals surface area contributed by atoms with E-state index in [1.54, 1.807) is 17.0 Å². The summed E-state index contributed by atoms with van der Waals surface area (Å²) >= 11 is 0. The maximum absolute atomic E-state index is 13.1. The highest BCUT2D eigenvalue weighted by atomic mass is 32.2. The van der Waals surface area contributed by atoms with Gasteiger partial charge in [0.25, 0.3) is 0 Å². The number of carbonyl (C=O) groups is 2. The molecule has 0 saturated heterocycles. The van der Waals surface area contributed by atoms with Gasteiger partial charge in [0.2, 0.25) is 15.9 Å². The number of hydrogen-bond acceptors (Lipinski definition) is 5. The van der Waals surface area contributed by atoms with Crippen molar-refractivity contribution in [1.82, 2.24) is 4.31 Å². The van der Waals surface area contributed by atoms with Crippen LogP contribution in [0.5, 0.6) is 0 Å². The zero-order valence-electron chi connectivity index (χ0n) is 17.5. The number of esters is 1. The molecule has 1 aliphatic rings. The highest BCUT2D eigenvalue weighted by molar-refractivity contribution is 7.89. The van der Waals surface area contributed by atoms with E-state index in [9.17, 15) is 22.4 Å². The number of amides is 1. The van der Waals surface area contributed by atoms with E-state index in [1.165, 1.54) is 26.3 Å². The summed E-state index contributed by atoms with van der Waals surface area (Å²) in [5.74, 6) is -1.07. The van der Waals surface area contributed by atoms with Crippen molar-refractivity contribution in [1.29, 1.82) is 0 Å². The normalized spacial score (nSPS) is 13.7. The molecule has 0 fully saturated rings. The number of carbonyl (C=O) groups excluding carboxylic acids is 2. The molecule has 0 bridgehead atoms. The molecule has 0 spiro atoms. The van der Waals surface area contributed by atoms with Crippen LogP contribution in [0, 0.1) is 5.82 Å². The lowest BCUT2D eigenvalue weighted by molar-refractivity contribution is -0.118. The van der Waals surface area contributed by atoms with Gasteiger partial charge in [-0.25, -0.2) is 21.9 Å². The van der Waals surface area contributed by atoms with E-state index in [2.05, 4.69) is 0 Å². The summed E-state index contributed by atoms with van der Waals surface area (Å²) in [5.41, 5.74) is 1.96. The summed E-state index contributed by atoms with van der Waals surface area (Å²) < 4.78 is 44.2. The molecule has 0 atom stereocenters. The van der Waals surface area contributed by atoms with Gasteiger partial charge < -0.3 is 9.64 Å². The van der Waals surface area contributed by atoms with Crippen molar-refractivity contribution >= 4 is 27.6 Å². The molecule has 0 saturated carbocycles. The van der Waals surface area contributed by atoms with E-state index in [1.807, 2.05) is 6.07 Å². The van der Waals surface area contributed by atoms with E-state index in [0.717, 1.165) is 28.4 Å². The van der Waals surface area contributed by atoms with Gasteiger partial charge in [-0.1, -0.05) is 6.07 Å². The van der Waals surface area contributed by atoms with Crippen LogP contribution in [0.25, 0.3) is 0 Å². The average Bonchev–Trinajstić information content (AvgIpc) is 2.77. The summed E-state index contributed by atoms with van der Waals surface area (Å²) in [5, 5.41) is 0. The molecule has 0 aliphatic carbocycles. The van der Waals surface area contributed by atoms with E-state index < -0.39 is 21.8 Å². The number of benzene rings is 2. The standard InChI is InChI=1S/C22H25FN2O5S/c1-24(31(28,29)17-12-10-16(23)11-13-17)14-5-9-21(26)25-15-4-7-18-19(22(27)30-2)6-3-8-20(18)25/h3,6,8,10-13H,4-5,7,9,14-15H2,1-2H3. The zero-order chi connectivity index (χ0) is 22.6. The summed E-state index contributed by atoms with van der Waals surface area (Å²) in [7, 11) is -0.999. The van der Waals surface area contributed by atoms with Crippen LogP contribution in [0.4, 0.5) is 10.1 Å². The molecule has 0 unspecified atom stereocenters. The number of fused-ring (bicyclic) bond motifs is 1. The lowest BCUT2D eigenvalue weighted by Crippen LogP contribution is -2.36. The van der Waals surface area contributed by atoms with Crippen LogP contribution in [0.3, 0.4) is 0 Å². The van der Waals surface area contributed by atoms with Gasteiger partial charge in [0.15, 0.2) is 0 Å². The molecular formula is C22H25FN2O5S. The lowest BCUT2D eigenvalue weighted by Gasteiger charge is -2.30. The Hall–Kier alpha value is -2.78. The minimum Gasteiger partial charge on any atom is -0.465 e. The van der Waals surface area contributed by atoms with Crippen molar-refractivity contribution in [3.63, 3.8) is 0 Å². The number of sulfonamides is 1. The van der Waals surface area contributed by atoms with Crippen LogP contribution in [0.1, 0.15) is 35.2 Å². The first kappa shape index (κ1) is 22.9. The smallest absolute Gasteiger partial charge is 0.338 e. The third-order valence-electron chi connectivity index (χ3n) is 5.34. The van der Waals surface area contributed by atoms with Crippen LogP contribution >= 0.6 is 0 Å². The largest absolute Gasteiger partial charge is 0.465 e. The van der Waals surface area contributed by atoms with Crippen molar-refractivity contribution in [3.05, 3.63) is 59.4 Å². The molecular weight excluding hydrogens is 423 g/mol.